The molecule has 10 nitrogen and oxygen atoms in total. The van der Waals surface area contributed by atoms with Crippen LogP contribution in [-0.4, -0.2) is 51.8 Å². The lowest BCUT2D eigenvalue weighted by molar-refractivity contribution is -0.140. The molecule has 3 rings (SSSR count). The molecule has 3 aromatic heterocycles. The van der Waals surface area contributed by atoms with Crippen molar-refractivity contribution in [2.24, 2.45) is 4.99 Å². The highest BCUT2D eigenvalue weighted by atomic mass is 32.1. The number of aliphatic imine (C=N–C) groups is 1. The molecule has 176 valence electrons. The Bertz CT molecular complexity index is 1100. The van der Waals surface area contributed by atoms with Crippen LogP contribution in [0, 0.1) is 6.57 Å². The summed E-state index contributed by atoms with van der Waals surface area (Å²) in [6, 6.07) is 7.28. The molecule has 0 aliphatic rings. The molecule has 34 heavy (non-hydrogen) atoms. The molecular formula is C22H22N6O4S2. The van der Waals surface area contributed by atoms with Gasteiger partial charge in [0.2, 0.25) is 0 Å². The van der Waals surface area contributed by atoms with E-state index in [0.29, 0.717) is 23.9 Å². The molecule has 1 N–H and O–H groups in total. The third-order valence-corrected chi connectivity index (χ3v) is 4.12. The van der Waals surface area contributed by atoms with Crippen LogP contribution in [0.15, 0.2) is 59.6 Å². The maximum Gasteiger partial charge on any atom is 0.387 e. The van der Waals surface area contributed by atoms with Gasteiger partial charge in [0.25, 0.3) is 0 Å². The van der Waals surface area contributed by atoms with E-state index in [1.165, 1.54) is 11.3 Å². The van der Waals surface area contributed by atoms with Crippen molar-refractivity contribution in [2.45, 2.75) is 13.8 Å². The average Bonchev–Trinajstić information content (AvgIpc) is 3.30. The number of thiazole rings is 1. The molecule has 0 saturated carbocycles. The van der Waals surface area contributed by atoms with Gasteiger partial charge in [0, 0.05) is 12.4 Å². The third kappa shape index (κ3) is 11.5. The van der Waals surface area contributed by atoms with Gasteiger partial charge in [-0.05, 0) is 50.3 Å². The SMILES string of the molecule is CCOC(=O)c1ncsc1Nc1cccnc1.S=C=Nc1cccnc1.[C-]#[N+]CC(=O)OCC. The minimum Gasteiger partial charge on any atom is -0.461 e. The first-order valence-corrected chi connectivity index (χ1v) is 11.1. The number of anilines is 2. The van der Waals surface area contributed by atoms with Gasteiger partial charge >= 0.3 is 18.5 Å². The first kappa shape index (κ1) is 28.0. The molecule has 0 aliphatic heterocycles. The number of carbonyl (C=O) groups is 2. The lowest BCUT2D eigenvalue weighted by atomic mass is 10.4. The van der Waals surface area contributed by atoms with Crippen LogP contribution < -0.4 is 5.32 Å². The fraction of sp³-hybridized carbons (Fsp3) is 0.227. The normalized spacial score (nSPS) is 8.85. The van der Waals surface area contributed by atoms with Crippen LogP contribution in [0.2, 0.25) is 0 Å². The maximum absolute atomic E-state index is 11.6. The molecule has 0 bridgehead atoms. The van der Waals surface area contributed by atoms with Crippen molar-refractivity contribution < 1.29 is 19.1 Å². The molecule has 0 radical (unpaired) electrons. The predicted molar refractivity (Wildman–Crippen MR) is 133 cm³/mol. The third-order valence-electron chi connectivity index (χ3n) is 3.29. The number of thiocarbonyl (C=S) groups is 1. The van der Waals surface area contributed by atoms with Crippen LogP contribution in [0.3, 0.4) is 0 Å². The molecule has 0 spiro atoms. The van der Waals surface area contributed by atoms with E-state index in [9.17, 15) is 9.59 Å². The van der Waals surface area contributed by atoms with Crippen molar-refractivity contribution >= 4 is 57.0 Å². The van der Waals surface area contributed by atoms with Gasteiger partial charge in [-0.25, -0.2) is 21.1 Å². The lowest BCUT2D eigenvalue weighted by Crippen LogP contribution is -2.07. The van der Waals surface area contributed by atoms with Crippen molar-refractivity contribution in [3.8, 4) is 0 Å². The van der Waals surface area contributed by atoms with Crippen molar-refractivity contribution in [3.63, 3.8) is 0 Å². The van der Waals surface area contributed by atoms with Crippen LogP contribution >= 0.6 is 23.6 Å². The number of nitrogens with zero attached hydrogens (tertiary/aromatic N) is 5. The Balaban J connectivity index is 0.000000287. The fourth-order valence-electron chi connectivity index (χ4n) is 1.99. The summed E-state index contributed by atoms with van der Waals surface area (Å²) >= 11 is 5.74. The first-order valence-electron chi connectivity index (χ1n) is 9.80. The van der Waals surface area contributed by atoms with E-state index in [-0.39, 0.29) is 6.54 Å². The van der Waals surface area contributed by atoms with E-state index < -0.39 is 11.9 Å². The van der Waals surface area contributed by atoms with E-state index in [1.54, 1.807) is 50.2 Å². The first-order chi connectivity index (χ1) is 16.5. The highest BCUT2D eigenvalue weighted by Gasteiger charge is 2.16. The van der Waals surface area contributed by atoms with Gasteiger partial charge < -0.3 is 19.6 Å². The Kier molecular flexibility index (Phi) is 14.4. The summed E-state index contributed by atoms with van der Waals surface area (Å²) in [4.78, 5) is 40.1. The standard InChI is InChI=1S/C11H11N3O2S.C6H4N2S.C5H7NO2/c1-2-16-11(15)9-10(17-7-13-9)14-8-4-3-5-12-6-8;9-5-8-6-2-1-3-7-4-6;1-3-8-5(7)4-6-2/h3-7,14H,2H2,1H3;1-4H;3-4H2,1H3. The number of rotatable bonds is 7. The number of hydrogen-bond donors (Lipinski definition) is 1. The Morgan fingerprint density at radius 1 is 1.18 bits per heavy atom. The Labute approximate surface area is 206 Å². The van der Waals surface area contributed by atoms with Crippen molar-refractivity contribution in [3.05, 3.63) is 71.7 Å². The maximum atomic E-state index is 11.6. The molecule has 0 aromatic carbocycles. The fourth-order valence-corrected chi connectivity index (χ4v) is 2.78. The number of ether oxygens (including phenoxy) is 2. The summed E-state index contributed by atoms with van der Waals surface area (Å²) < 4.78 is 9.34. The zero-order valence-corrected chi connectivity index (χ0v) is 20.1. The minimum absolute atomic E-state index is 0.159. The summed E-state index contributed by atoms with van der Waals surface area (Å²) in [7, 11) is 0. The van der Waals surface area contributed by atoms with Crippen LogP contribution in [-0.2, 0) is 14.3 Å². The average molecular weight is 499 g/mol. The van der Waals surface area contributed by atoms with E-state index in [2.05, 4.69) is 52.2 Å². The van der Waals surface area contributed by atoms with Gasteiger partial charge in [0.05, 0.1) is 47.7 Å². The van der Waals surface area contributed by atoms with Gasteiger partial charge in [-0.1, -0.05) is 0 Å². The van der Waals surface area contributed by atoms with E-state index >= 15 is 0 Å². The molecule has 0 amide bonds. The smallest absolute Gasteiger partial charge is 0.387 e. The Hall–Kier alpha value is -4.04. The zero-order valence-electron chi connectivity index (χ0n) is 18.5. The van der Waals surface area contributed by atoms with Crippen LogP contribution in [0.1, 0.15) is 24.3 Å². The number of nitrogens with one attached hydrogen (secondary N) is 1. The highest BCUT2D eigenvalue weighted by Crippen LogP contribution is 2.24. The van der Waals surface area contributed by atoms with Crippen LogP contribution in [0.5, 0.6) is 0 Å². The second-order valence-electron chi connectivity index (χ2n) is 5.65. The quantitative estimate of drug-likeness (QED) is 0.213. The molecule has 0 saturated heterocycles. The van der Waals surface area contributed by atoms with E-state index in [4.69, 9.17) is 11.3 Å². The second-order valence-corrected chi connectivity index (χ2v) is 6.69. The summed E-state index contributed by atoms with van der Waals surface area (Å²) in [6.45, 7) is 10.2. The van der Waals surface area contributed by atoms with Crippen molar-refractivity contribution in [1.82, 2.24) is 15.0 Å². The predicted octanol–water partition coefficient (Wildman–Crippen LogP) is 4.74. The summed E-state index contributed by atoms with van der Waals surface area (Å²) in [6.07, 6.45) is 6.67. The molecule has 3 heterocycles. The minimum atomic E-state index is -0.442. The van der Waals surface area contributed by atoms with Gasteiger partial charge in [0.1, 0.15) is 5.00 Å². The van der Waals surface area contributed by atoms with E-state index in [1.807, 2.05) is 18.2 Å². The lowest BCUT2D eigenvalue weighted by Gasteiger charge is -2.04. The van der Waals surface area contributed by atoms with E-state index in [0.717, 1.165) is 11.4 Å². The second kappa shape index (κ2) is 17.5. The number of isothiocyanates is 1. The number of pyridine rings is 2. The number of hydrogen-bond acceptors (Lipinski definition) is 11. The van der Waals surface area contributed by atoms with Crippen LogP contribution in [0.4, 0.5) is 16.4 Å². The number of esters is 2. The van der Waals surface area contributed by atoms with Gasteiger partial charge in [-0.15, -0.1) is 11.3 Å². The Morgan fingerprint density at radius 2 is 1.88 bits per heavy atom. The molecule has 0 aliphatic carbocycles. The molecule has 0 unspecified atom stereocenters. The summed E-state index contributed by atoms with van der Waals surface area (Å²) in [5.41, 5.74) is 3.46. The van der Waals surface area contributed by atoms with Crippen LogP contribution in [0.25, 0.3) is 4.85 Å². The highest BCUT2D eigenvalue weighted by molar-refractivity contribution is 7.78. The monoisotopic (exact) mass is 498 g/mol. The Morgan fingerprint density at radius 3 is 2.44 bits per heavy atom. The summed E-state index contributed by atoms with van der Waals surface area (Å²) in [5, 5.41) is 6.00. The summed E-state index contributed by atoms with van der Waals surface area (Å²) in [5.74, 6) is -0.859. The molecular weight excluding hydrogens is 476 g/mol. The topological polar surface area (TPSA) is 120 Å². The number of carbonyl (C=O) groups excluding carboxylic acids is 2. The van der Waals surface area contributed by atoms with Gasteiger partial charge in [0.15, 0.2) is 5.69 Å². The van der Waals surface area contributed by atoms with Gasteiger partial charge in [-0.2, -0.15) is 4.99 Å². The van der Waals surface area contributed by atoms with Gasteiger partial charge in [-0.3, -0.25) is 9.97 Å². The molecule has 0 fully saturated rings. The molecule has 3 aromatic rings. The zero-order chi connectivity index (χ0) is 25.0. The largest absolute Gasteiger partial charge is 0.461 e. The molecule has 0 atom stereocenters. The number of aromatic nitrogens is 3. The van der Waals surface area contributed by atoms with Crippen molar-refractivity contribution in [1.29, 1.82) is 0 Å². The molecule has 12 heteroatoms. The van der Waals surface area contributed by atoms with Crippen molar-refractivity contribution in [2.75, 3.05) is 25.1 Å².